The van der Waals surface area contributed by atoms with Crippen molar-refractivity contribution in [3.8, 4) is 0 Å². The second-order valence-corrected chi connectivity index (χ2v) is 4.39. The fraction of sp³-hybridized carbons (Fsp3) is 0.0667. The Morgan fingerprint density at radius 3 is 2.53 bits per heavy atom. The Kier molecular flexibility index (Phi) is 2.76. The lowest BCUT2D eigenvalue weighted by molar-refractivity contribution is -0.645. The standard InChI is InChI=1S/C15H13N3O/c1-17-11-18(14-10-6-5-9-13(14)17)16-15(19)12-7-3-2-4-8-12/h2-11H,1H3/p+1. The zero-order chi connectivity index (χ0) is 13.2. The fourth-order valence-electron chi connectivity index (χ4n) is 2.12. The maximum Gasteiger partial charge on any atom is 0.286 e. The van der Waals surface area contributed by atoms with Crippen LogP contribution >= 0.6 is 0 Å². The molecule has 0 aliphatic carbocycles. The van der Waals surface area contributed by atoms with E-state index in [1.165, 1.54) is 0 Å². The van der Waals surface area contributed by atoms with Crippen molar-refractivity contribution in [3.63, 3.8) is 0 Å². The van der Waals surface area contributed by atoms with Gasteiger partial charge in [-0.1, -0.05) is 30.3 Å². The Balaban J connectivity index is 1.96. The normalized spacial score (nSPS) is 10.6. The molecule has 19 heavy (non-hydrogen) atoms. The van der Waals surface area contributed by atoms with Crippen LogP contribution in [0.5, 0.6) is 0 Å². The molecule has 0 saturated heterocycles. The summed E-state index contributed by atoms with van der Waals surface area (Å²) >= 11 is 0. The number of aromatic nitrogens is 2. The number of fused-ring (bicyclic) bond motifs is 1. The molecule has 3 rings (SSSR count). The Bertz CT molecular complexity index is 731. The van der Waals surface area contributed by atoms with E-state index in [2.05, 4.69) is 5.43 Å². The van der Waals surface area contributed by atoms with Crippen molar-refractivity contribution < 1.29 is 9.36 Å². The summed E-state index contributed by atoms with van der Waals surface area (Å²) < 4.78 is 3.71. The molecule has 1 aromatic heterocycles. The van der Waals surface area contributed by atoms with Gasteiger partial charge in [-0.3, -0.25) is 4.79 Å². The molecule has 1 heterocycles. The molecule has 0 fully saturated rings. The summed E-state index contributed by atoms with van der Waals surface area (Å²) in [7, 11) is 1.95. The number of hydrogen-bond acceptors (Lipinski definition) is 1. The summed E-state index contributed by atoms with van der Waals surface area (Å²) in [6, 6.07) is 17.1. The molecule has 0 bridgehead atoms. The molecule has 94 valence electrons. The molecule has 4 heteroatoms. The zero-order valence-corrected chi connectivity index (χ0v) is 10.6. The summed E-state index contributed by atoms with van der Waals surface area (Å²) in [6.45, 7) is 0. The topological polar surface area (TPSA) is 37.9 Å². The lowest BCUT2D eigenvalue weighted by Gasteiger charge is -2.00. The van der Waals surface area contributed by atoms with Crippen molar-refractivity contribution in [1.82, 2.24) is 4.68 Å². The highest BCUT2D eigenvalue weighted by atomic mass is 16.2. The third-order valence-corrected chi connectivity index (χ3v) is 3.07. The Morgan fingerprint density at radius 1 is 1.05 bits per heavy atom. The average Bonchev–Trinajstić information content (AvgIpc) is 2.77. The van der Waals surface area contributed by atoms with Gasteiger partial charge in [-0.2, -0.15) is 5.43 Å². The molecule has 1 amide bonds. The monoisotopic (exact) mass is 252 g/mol. The van der Waals surface area contributed by atoms with Crippen LogP contribution in [0.25, 0.3) is 11.0 Å². The smallest absolute Gasteiger partial charge is 0.266 e. The number of benzene rings is 2. The highest BCUT2D eigenvalue weighted by Crippen LogP contribution is 2.09. The molecule has 0 spiro atoms. The lowest BCUT2D eigenvalue weighted by atomic mass is 10.2. The number of rotatable bonds is 2. The number of nitrogens with one attached hydrogen (secondary N) is 1. The number of carbonyl (C=O) groups excluding carboxylic acids is 1. The van der Waals surface area contributed by atoms with Crippen LogP contribution in [0.2, 0.25) is 0 Å². The molecular weight excluding hydrogens is 238 g/mol. The van der Waals surface area contributed by atoms with Crippen LogP contribution in [0, 0.1) is 0 Å². The van der Waals surface area contributed by atoms with Crippen molar-refractivity contribution in [2.75, 3.05) is 5.43 Å². The van der Waals surface area contributed by atoms with Gasteiger partial charge in [0.05, 0.1) is 7.05 Å². The molecule has 1 N–H and O–H groups in total. The Hall–Kier alpha value is -2.62. The third-order valence-electron chi connectivity index (χ3n) is 3.07. The predicted octanol–water partition coefficient (Wildman–Crippen LogP) is 1.85. The van der Waals surface area contributed by atoms with E-state index in [4.69, 9.17) is 0 Å². The van der Waals surface area contributed by atoms with Gasteiger partial charge in [0.2, 0.25) is 0 Å². The van der Waals surface area contributed by atoms with Crippen LogP contribution in [0.1, 0.15) is 10.4 Å². The van der Waals surface area contributed by atoms with Gasteiger partial charge in [0, 0.05) is 5.56 Å². The maximum atomic E-state index is 12.1. The average molecular weight is 252 g/mol. The number of aryl methyl sites for hydroxylation is 1. The summed E-state index contributed by atoms with van der Waals surface area (Å²) in [6.07, 6.45) is 1.85. The van der Waals surface area contributed by atoms with Gasteiger partial charge in [0.25, 0.3) is 12.2 Å². The van der Waals surface area contributed by atoms with E-state index in [1.54, 1.807) is 16.8 Å². The molecule has 2 aromatic carbocycles. The summed E-state index contributed by atoms with van der Waals surface area (Å²) in [5.41, 5.74) is 5.55. The largest absolute Gasteiger partial charge is 0.286 e. The van der Waals surface area contributed by atoms with E-state index in [1.807, 2.05) is 60.4 Å². The number of imidazole rings is 1. The maximum absolute atomic E-state index is 12.1. The van der Waals surface area contributed by atoms with E-state index in [9.17, 15) is 4.79 Å². The van der Waals surface area contributed by atoms with Crippen molar-refractivity contribution in [2.45, 2.75) is 0 Å². The summed E-state index contributed by atoms with van der Waals surface area (Å²) in [4.78, 5) is 12.1. The number of carbonyl (C=O) groups is 1. The molecule has 0 saturated carbocycles. The van der Waals surface area contributed by atoms with Crippen LogP contribution in [0.3, 0.4) is 0 Å². The molecule has 0 atom stereocenters. The van der Waals surface area contributed by atoms with E-state index < -0.39 is 0 Å². The van der Waals surface area contributed by atoms with E-state index in [-0.39, 0.29) is 5.91 Å². The van der Waals surface area contributed by atoms with E-state index in [0.29, 0.717) is 5.56 Å². The quantitative estimate of drug-likeness (QED) is 0.694. The van der Waals surface area contributed by atoms with Gasteiger partial charge in [-0.05, 0) is 24.3 Å². The minimum Gasteiger partial charge on any atom is -0.266 e. The van der Waals surface area contributed by atoms with Crippen LogP contribution in [-0.4, -0.2) is 10.6 Å². The number of para-hydroxylation sites is 2. The molecule has 4 nitrogen and oxygen atoms in total. The molecule has 3 aromatic rings. The van der Waals surface area contributed by atoms with Gasteiger partial charge in [-0.25, -0.2) is 4.57 Å². The second-order valence-electron chi connectivity index (χ2n) is 4.39. The van der Waals surface area contributed by atoms with E-state index >= 15 is 0 Å². The molecule has 0 radical (unpaired) electrons. The van der Waals surface area contributed by atoms with Gasteiger partial charge in [0.15, 0.2) is 11.0 Å². The molecule has 0 unspecified atom stereocenters. The zero-order valence-electron chi connectivity index (χ0n) is 10.6. The van der Waals surface area contributed by atoms with Gasteiger partial charge < -0.3 is 0 Å². The van der Waals surface area contributed by atoms with Crippen molar-refractivity contribution in [3.05, 3.63) is 66.5 Å². The minimum absolute atomic E-state index is 0.123. The van der Waals surface area contributed by atoms with Gasteiger partial charge in [-0.15, -0.1) is 4.68 Å². The van der Waals surface area contributed by atoms with Gasteiger partial charge in [0.1, 0.15) is 0 Å². The highest BCUT2D eigenvalue weighted by molar-refractivity contribution is 6.00. The lowest BCUT2D eigenvalue weighted by Crippen LogP contribution is -2.28. The van der Waals surface area contributed by atoms with Crippen molar-refractivity contribution in [1.29, 1.82) is 0 Å². The highest BCUT2D eigenvalue weighted by Gasteiger charge is 2.15. The third kappa shape index (κ3) is 2.08. The first-order chi connectivity index (χ1) is 9.25. The number of hydrogen-bond donors (Lipinski definition) is 1. The Morgan fingerprint density at radius 2 is 1.74 bits per heavy atom. The fourth-order valence-corrected chi connectivity index (χ4v) is 2.12. The minimum atomic E-state index is -0.123. The Labute approximate surface area is 110 Å². The summed E-state index contributed by atoms with van der Waals surface area (Å²) in [5, 5.41) is 0. The van der Waals surface area contributed by atoms with Gasteiger partial charge >= 0.3 is 0 Å². The SMILES string of the molecule is C[n+]1cn(NC(=O)c2ccccc2)c2ccccc21. The van der Waals surface area contributed by atoms with Crippen molar-refractivity contribution in [2.24, 2.45) is 7.05 Å². The first-order valence-electron chi connectivity index (χ1n) is 6.08. The van der Waals surface area contributed by atoms with E-state index in [0.717, 1.165) is 11.0 Å². The molecular formula is C15H14N3O+. The van der Waals surface area contributed by atoms with Crippen LogP contribution < -0.4 is 9.99 Å². The molecule has 0 aliphatic heterocycles. The second kappa shape index (κ2) is 4.57. The van der Waals surface area contributed by atoms with Crippen LogP contribution in [0.4, 0.5) is 0 Å². The number of nitrogens with zero attached hydrogens (tertiary/aromatic N) is 2. The van der Waals surface area contributed by atoms with Crippen LogP contribution in [0.15, 0.2) is 60.9 Å². The first kappa shape index (κ1) is 11.5. The van der Waals surface area contributed by atoms with Crippen molar-refractivity contribution >= 4 is 16.9 Å². The van der Waals surface area contributed by atoms with Crippen LogP contribution in [-0.2, 0) is 7.05 Å². The predicted molar refractivity (Wildman–Crippen MR) is 73.2 cm³/mol. The first-order valence-corrected chi connectivity index (χ1v) is 6.08. The number of amides is 1. The summed E-state index contributed by atoms with van der Waals surface area (Å²) in [5.74, 6) is -0.123. The molecule has 0 aliphatic rings.